The quantitative estimate of drug-likeness (QED) is 0.808. The molecule has 1 heterocycles. The van der Waals surface area contributed by atoms with Crippen LogP contribution in [0.1, 0.15) is 38.3 Å². The zero-order chi connectivity index (χ0) is 17.6. The van der Waals surface area contributed by atoms with Gasteiger partial charge in [-0.15, -0.1) is 0 Å². The lowest BCUT2D eigenvalue weighted by Gasteiger charge is -2.29. The Hall–Kier alpha value is -2.05. The number of amides is 1. The lowest BCUT2D eigenvalue weighted by atomic mass is 9.85. The van der Waals surface area contributed by atoms with Crippen molar-refractivity contribution in [3.05, 3.63) is 30.1 Å². The molecule has 1 saturated carbocycles. The van der Waals surface area contributed by atoms with Crippen molar-refractivity contribution in [2.75, 3.05) is 6.61 Å². The van der Waals surface area contributed by atoms with Crippen LogP contribution in [0.15, 0.2) is 24.4 Å². The highest BCUT2D eigenvalue weighted by Crippen LogP contribution is 2.36. The molecule has 5 nitrogen and oxygen atoms in total. The molecule has 2 atom stereocenters. The predicted molar refractivity (Wildman–Crippen MR) is 83.4 cm³/mol. The van der Waals surface area contributed by atoms with E-state index in [0.717, 1.165) is 0 Å². The van der Waals surface area contributed by atoms with E-state index in [0.29, 0.717) is 18.5 Å². The maximum absolute atomic E-state index is 13.5. The molecule has 0 saturated heterocycles. The highest BCUT2D eigenvalue weighted by atomic mass is 19.3. The topological polar surface area (TPSA) is 68.3 Å². The number of nitrogens with one attached hydrogen (secondary N) is 1. The van der Waals surface area contributed by atoms with Gasteiger partial charge < -0.3 is 10.1 Å². The molecule has 0 spiro atoms. The highest BCUT2D eigenvalue weighted by Gasteiger charge is 2.40. The first kappa shape index (κ1) is 18.3. The molecule has 0 aliphatic heterocycles. The van der Waals surface area contributed by atoms with Crippen molar-refractivity contribution in [3.8, 4) is 0 Å². The second-order valence-corrected chi connectivity index (χ2v) is 5.99. The number of rotatable bonds is 6. The van der Waals surface area contributed by atoms with E-state index in [1.807, 2.05) is 0 Å². The highest BCUT2D eigenvalue weighted by molar-refractivity contribution is 5.86. The van der Waals surface area contributed by atoms with Crippen LogP contribution in [-0.4, -0.2) is 35.4 Å². The number of aromatic nitrogens is 1. The zero-order valence-electron chi connectivity index (χ0n) is 13.6. The Labute approximate surface area is 139 Å². The van der Waals surface area contributed by atoms with Gasteiger partial charge in [-0.25, -0.2) is 13.6 Å². The number of carbonyl (C=O) groups excluding carboxylic acids is 2. The van der Waals surface area contributed by atoms with Gasteiger partial charge in [0.15, 0.2) is 0 Å². The summed E-state index contributed by atoms with van der Waals surface area (Å²) in [4.78, 5) is 28.5. The molecule has 1 aromatic heterocycles. The van der Waals surface area contributed by atoms with E-state index in [-0.39, 0.29) is 19.4 Å². The van der Waals surface area contributed by atoms with Crippen LogP contribution in [0.3, 0.4) is 0 Å². The van der Waals surface area contributed by atoms with E-state index in [1.165, 1.54) is 0 Å². The summed E-state index contributed by atoms with van der Waals surface area (Å²) in [6, 6.07) is 4.31. The summed E-state index contributed by atoms with van der Waals surface area (Å²) in [6.45, 7) is 1.84. The fourth-order valence-corrected chi connectivity index (χ4v) is 2.85. The summed E-state index contributed by atoms with van der Waals surface area (Å²) in [7, 11) is 0. The van der Waals surface area contributed by atoms with Crippen LogP contribution in [0.5, 0.6) is 0 Å². The van der Waals surface area contributed by atoms with Crippen LogP contribution in [0.4, 0.5) is 8.78 Å². The molecule has 0 radical (unpaired) electrons. The Balaban J connectivity index is 2.04. The predicted octanol–water partition coefficient (Wildman–Crippen LogP) is 2.50. The minimum Gasteiger partial charge on any atom is -0.464 e. The van der Waals surface area contributed by atoms with Crippen LogP contribution in [0.25, 0.3) is 0 Å². The third-order valence-electron chi connectivity index (χ3n) is 4.04. The molecule has 2 rings (SSSR count). The van der Waals surface area contributed by atoms with Crippen LogP contribution in [0, 0.1) is 5.92 Å². The van der Waals surface area contributed by atoms with E-state index in [2.05, 4.69) is 10.3 Å². The lowest BCUT2D eigenvalue weighted by Crippen LogP contribution is -2.47. The summed E-state index contributed by atoms with van der Waals surface area (Å²) in [5, 5.41) is 2.57. The average molecular weight is 340 g/mol. The monoisotopic (exact) mass is 340 g/mol. The molecule has 1 N–H and O–H groups in total. The lowest BCUT2D eigenvalue weighted by molar-refractivity contribution is -0.148. The van der Waals surface area contributed by atoms with Gasteiger partial charge in [-0.1, -0.05) is 6.07 Å². The van der Waals surface area contributed by atoms with Gasteiger partial charge >= 0.3 is 5.97 Å². The molecule has 0 unspecified atom stereocenters. The standard InChI is InChI=1S/C17H22F2N2O3/c1-2-24-16(23)14(10-13-7-3-4-9-20-13)21-15(22)12-6-5-8-17(18,19)11-12/h3-4,7,9,12,14H,2,5-6,8,10-11H2,1H3,(H,21,22)/t12-,14-/m0/s1. The summed E-state index contributed by atoms with van der Waals surface area (Å²) >= 11 is 0. The largest absolute Gasteiger partial charge is 0.464 e. The third kappa shape index (κ3) is 5.25. The molecule has 132 valence electrons. The number of esters is 1. The first-order valence-corrected chi connectivity index (χ1v) is 8.16. The van der Waals surface area contributed by atoms with Crippen molar-refractivity contribution in [1.29, 1.82) is 0 Å². The van der Waals surface area contributed by atoms with Gasteiger partial charge in [-0.05, 0) is 31.9 Å². The fourth-order valence-electron chi connectivity index (χ4n) is 2.85. The van der Waals surface area contributed by atoms with Crippen molar-refractivity contribution < 1.29 is 23.1 Å². The van der Waals surface area contributed by atoms with E-state index >= 15 is 0 Å². The number of halogens is 2. The van der Waals surface area contributed by atoms with E-state index < -0.39 is 36.2 Å². The Kier molecular flexibility index (Phi) is 6.23. The molecular weight excluding hydrogens is 318 g/mol. The van der Waals surface area contributed by atoms with Crippen LogP contribution < -0.4 is 5.32 Å². The number of ether oxygens (including phenoxy) is 1. The Bertz CT molecular complexity index is 566. The SMILES string of the molecule is CCOC(=O)[C@H](Cc1ccccn1)NC(=O)[C@H]1CCCC(F)(F)C1. The first-order valence-electron chi connectivity index (χ1n) is 8.16. The number of carbonyl (C=O) groups is 2. The molecule has 7 heteroatoms. The molecule has 0 aromatic carbocycles. The Morgan fingerprint density at radius 1 is 1.46 bits per heavy atom. The van der Waals surface area contributed by atoms with Crippen LogP contribution >= 0.6 is 0 Å². The Morgan fingerprint density at radius 2 is 2.25 bits per heavy atom. The summed E-state index contributed by atoms with van der Waals surface area (Å²) in [5.41, 5.74) is 0.616. The van der Waals surface area contributed by atoms with Crippen LogP contribution in [0.2, 0.25) is 0 Å². The second-order valence-electron chi connectivity index (χ2n) is 5.99. The molecule has 1 aromatic rings. The molecule has 24 heavy (non-hydrogen) atoms. The molecule has 1 aliphatic carbocycles. The molecule has 0 bridgehead atoms. The number of hydrogen-bond acceptors (Lipinski definition) is 4. The number of pyridine rings is 1. The van der Waals surface area contributed by atoms with E-state index in [9.17, 15) is 18.4 Å². The van der Waals surface area contributed by atoms with Gasteiger partial charge in [0.25, 0.3) is 0 Å². The zero-order valence-corrected chi connectivity index (χ0v) is 13.6. The number of alkyl halides is 2. The fraction of sp³-hybridized carbons (Fsp3) is 0.588. The van der Waals surface area contributed by atoms with Gasteiger partial charge in [-0.2, -0.15) is 0 Å². The van der Waals surface area contributed by atoms with Crippen molar-refractivity contribution in [1.82, 2.24) is 10.3 Å². The summed E-state index contributed by atoms with van der Waals surface area (Å²) in [5.74, 6) is -4.71. The third-order valence-corrected chi connectivity index (χ3v) is 4.04. The average Bonchev–Trinajstić information content (AvgIpc) is 2.54. The minimum absolute atomic E-state index is 0.161. The first-order chi connectivity index (χ1) is 11.4. The minimum atomic E-state index is -2.82. The summed E-state index contributed by atoms with van der Waals surface area (Å²) in [6.07, 6.45) is 1.79. The number of hydrogen-bond donors (Lipinski definition) is 1. The normalized spacial score (nSPS) is 20.9. The van der Waals surface area contributed by atoms with Gasteiger partial charge in [0.05, 0.1) is 6.61 Å². The number of nitrogens with zero attached hydrogens (tertiary/aromatic N) is 1. The van der Waals surface area contributed by atoms with Crippen molar-refractivity contribution >= 4 is 11.9 Å². The molecule has 1 amide bonds. The van der Waals surface area contributed by atoms with Gasteiger partial charge in [0.2, 0.25) is 11.8 Å². The summed E-state index contributed by atoms with van der Waals surface area (Å²) < 4.78 is 32.0. The molecular formula is C17H22F2N2O3. The van der Waals surface area contributed by atoms with Gasteiger partial charge in [-0.3, -0.25) is 9.78 Å². The molecule has 1 aliphatic rings. The smallest absolute Gasteiger partial charge is 0.329 e. The van der Waals surface area contributed by atoms with E-state index in [4.69, 9.17) is 4.74 Å². The van der Waals surface area contributed by atoms with E-state index in [1.54, 1.807) is 31.3 Å². The van der Waals surface area contributed by atoms with Crippen LogP contribution in [-0.2, 0) is 20.7 Å². The van der Waals surface area contributed by atoms with Crippen molar-refractivity contribution in [2.24, 2.45) is 5.92 Å². The Morgan fingerprint density at radius 3 is 2.88 bits per heavy atom. The maximum Gasteiger partial charge on any atom is 0.329 e. The van der Waals surface area contributed by atoms with Crippen molar-refractivity contribution in [2.45, 2.75) is 51.0 Å². The van der Waals surface area contributed by atoms with Gasteiger partial charge in [0.1, 0.15) is 6.04 Å². The maximum atomic E-state index is 13.5. The van der Waals surface area contributed by atoms with Crippen molar-refractivity contribution in [3.63, 3.8) is 0 Å². The molecule has 1 fully saturated rings. The second kappa shape index (κ2) is 8.17. The van der Waals surface area contributed by atoms with Gasteiger partial charge in [0, 0.05) is 37.1 Å².